The maximum absolute atomic E-state index is 13.8. The van der Waals surface area contributed by atoms with Gasteiger partial charge in [0.15, 0.2) is 0 Å². The molecule has 4 rings (SSSR count). The molecule has 5 nitrogen and oxygen atoms in total. The Labute approximate surface area is 233 Å². The van der Waals surface area contributed by atoms with Crippen LogP contribution in [-0.4, -0.2) is 35.4 Å². The molecule has 1 atom stereocenters. The number of hydrogen-bond donors (Lipinski definition) is 1. The van der Waals surface area contributed by atoms with E-state index in [1.807, 2.05) is 73.7 Å². The highest BCUT2D eigenvalue weighted by molar-refractivity contribution is 5.88. The Morgan fingerprint density at radius 3 is 2.31 bits per heavy atom. The fraction of sp³-hybridized carbons (Fsp3) is 0.412. The van der Waals surface area contributed by atoms with E-state index in [4.69, 9.17) is 4.74 Å². The van der Waals surface area contributed by atoms with Gasteiger partial charge < -0.3 is 15.0 Å². The van der Waals surface area contributed by atoms with Gasteiger partial charge in [-0.05, 0) is 61.9 Å². The van der Waals surface area contributed by atoms with Crippen molar-refractivity contribution in [2.24, 2.45) is 0 Å². The first-order valence-corrected chi connectivity index (χ1v) is 14.4. The Balaban J connectivity index is 1.52. The summed E-state index contributed by atoms with van der Waals surface area (Å²) in [5, 5.41) is 3.31. The molecular formula is C34H42N2O3. The van der Waals surface area contributed by atoms with Crippen molar-refractivity contribution in [2.45, 2.75) is 83.8 Å². The number of hydrogen-bond acceptors (Lipinski definition) is 3. The summed E-state index contributed by atoms with van der Waals surface area (Å²) in [6.45, 7) is 4.95. The number of nitrogens with zero attached hydrogens (tertiary/aromatic N) is 1. The molecule has 0 aliphatic heterocycles. The minimum atomic E-state index is -0.584. The molecule has 3 aromatic carbocycles. The zero-order chi connectivity index (χ0) is 27.5. The average Bonchev–Trinajstić information content (AvgIpc) is 2.96. The van der Waals surface area contributed by atoms with Gasteiger partial charge in [0.1, 0.15) is 11.8 Å². The standard InChI is InChI=1S/C34H42N2O3/c1-26-19-21-31(22-20-26)39-23-11-18-33(37)36(25-29-15-10-9-12-27(29)2)32(24-28-13-5-3-6-14-28)34(38)35-30-16-7-4-8-17-30/h3,5-6,9-10,12-15,19-22,30,32H,4,7-8,11,16-18,23-25H2,1-2H3,(H,35,38)/t32-/m0/s1. The van der Waals surface area contributed by atoms with E-state index in [9.17, 15) is 9.59 Å². The van der Waals surface area contributed by atoms with Gasteiger partial charge in [-0.3, -0.25) is 9.59 Å². The van der Waals surface area contributed by atoms with E-state index in [0.717, 1.165) is 48.1 Å². The molecular weight excluding hydrogens is 484 g/mol. The first-order chi connectivity index (χ1) is 19.0. The molecule has 0 unspecified atom stereocenters. The molecule has 1 aliphatic rings. The van der Waals surface area contributed by atoms with Crippen molar-refractivity contribution in [3.8, 4) is 5.75 Å². The molecule has 1 fully saturated rings. The third-order valence-electron chi connectivity index (χ3n) is 7.65. The molecule has 0 saturated heterocycles. The van der Waals surface area contributed by atoms with Gasteiger partial charge in [0.2, 0.25) is 11.8 Å². The van der Waals surface area contributed by atoms with Crippen molar-refractivity contribution in [1.29, 1.82) is 0 Å². The molecule has 1 N–H and O–H groups in total. The number of amides is 2. The normalized spacial score (nSPS) is 14.4. The number of rotatable bonds is 12. The summed E-state index contributed by atoms with van der Waals surface area (Å²) in [6, 6.07) is 25.7. The van der Waals surface area contributed by atoms with Gasteiger partial charge >= 0.3 is 0 Å². The molecule has 206 valence electrons. The van der Waals surface area contributed by atoms with Crippen LogP contribution in [0.25, 0.3) is 0 Å². The fourth-order valence-corrected chi connectivity index (χ4v) is 5.26. The van der Waals surface area contributed by atoms with Crippen LogP contribution in [0.1, 0.15) is 67.2 Å². The zero-order valence-corrected chi connectivity index (χ0v) is 23.4. The first kappa shape index (κ1) is 28.4. The highest BCUT2D eigenvalue weighted by atomic mass is 16.5. The average molecular weight is 527 g/mol. The summed E-state index contributed by atoms with van der Waals surface area (Å²) in [4.78, 5) is 29.5. The van der Waals surface area contributed by atoms with E-state index in [0.29, 0.717) is 32.4 Å². The van der Waals surface area contributed by atoms with Crippen molar-refractivity contribution >= 4 is 11.8 Å². The van der Waals surface area contributed by atoms with E-state index < -0.39 is 6.04 Å². The molecule has 0 radical (unpaired) electrons. The molecule has 2 amide bonds. The molecule has 39 heavy (non-hydrogen) atoms. The SMILES string of the molecule is Cc1ccc(OCCCC(=O)N(Cc2ccccc2C)[C@@H](Cc2ccccc2)C(=O)NC2CCCCC2)cc1. The van der Waals surface area contributed by atoms with Gasteiger partial charge in [0.25, 0.3) is 0 Å². The van der Waals surface area contributed by atoms with E-state index in [-0.39, 0.29) is 17.9 Å². The minimum Gasteiger partial charge on any atom is -0.494 e. The second-order valence-corrected chi connectivity index (χ2v) is 10.8. The van der Waals surface area contributed by atoms with Gasteiger partial charge in [-0.2, -0.15) is 0 Å². The van der Waals surface area contributed by atoms with Gasteiger partial charge in [0, 0.05) is 25.4 Å². The lowest BCUT2D eigenvalue weighted by molar-refractivity contribution is -0.141. The van der Waals surface area contributed by atoms with Crippen LogP contribution in [0.3, 0.4) is 0 Å². The van der Waals surface area contributed by atoms with Gasteiger partial charge in [-0.15, -0.1) is 0 Å². The van der Waals surface area contributed by atoms with E-state index in [1.165, 1.54) is 12.0 Å². The summed E-state index contributed by atoms with van der Waals surface area (Å²) in [5.74, 6) is 0.729. The summed E-state index contributed by atoms with van der Waals surface area (Å²) >= 11 is 0. The van der Waals surface area contributed by atoms with Crippen LogP contribution in [0, 0.1) is 13.8 Å². The van der Waals surface area contributed by atoms with Gasteiger partial charge in [-0.25, -0.2) is 0 Å². The van der Waals surface area contributed by atoms with E-state index >= 15 is 0 Å². The van der Waals surface area contributed by atoms with Crippen LogP contribution in [0.15, 0.2) is 78.9 Å². The van der Waals surface area contributed by atoms with Crippen LogP contribution in [0.2, 0.25) is 0 Å². The van der Waals surface area contributed by atoms with Gasteiger partial charge in [-0.1, -0.05) is 91.6 Å². The van der Waals surface area contributed by atoms with Crippen LogP contribution < -0.4 is 10.1 Å². The third-order valence-corrected chi connectivity index (χ3v) is 7.65. The molecule has 1 aliphatic carbocycles. The quantitative estimate of drug-likeness (QED) is 0.272. The lowest BCUT2D eigenvalue weighted by Crippen LogP contribution is -2.52. The molecule has 0 bridgehead atoms. The van der Waals surface area contributed by atoms with Gasteiger partial charge in [0.05, 0.1) is 6.61 Å². The Bertz CT molecular complexity index is 1190. The largest absolute Gasteiger partial charge is 0.494 e. The monoisotopic (exact) mass is 526 g/mol. The van der Waals surface area contributed by atoms with Crippen LogP contribution in [-0.2, 0) is 22.6 Å². The Morgan fingerprint density at radius 1 is 0.897 bits per heavy atom. The molecule has 3 aromatic rings. The molecule has 1 saturated carbocycles. The van der Waals surface area contributed by atoms with E-state index in [2.05, 4.69) is 24.4 Å². The van der Waals surface area contributed by atoms with Crippen molar-refractivity contribution in [2.75, 3.05) is 6.61 Å². The summed E-state index contributed by atoms with van der Waals surface area (Å²) in [7, 11) is 0. The van der Waals surface area contributed by atoms with Crippen LogP contribution >= 0.6 is 0 Å². The maximum atomic E-state index is 13.8. The molecule has 0 spiro atoms. The number of carbonyl (C=O) groups excluding carboxylic acids is 2. The maximum Gasteiger partial charge on any atom is 0.243 e. The number of benzene rings is 3. The molecule has 5 heteroatoms. The number of aryl methyl sites for hydroxylation is 2. The second kappa shape index (κ2) is 14.5. The summed E-state index contributed by atoms with van der Waals surface area (Å²) in [6.07, 6.45) is 6.90. The summed E-state index contributed by atoms with van der Waals surface area (Å²) in [5.41, 5.74) is 4.40. The molecule has 0 aromatic heterocycles. The predicted molar refractivity (Wildman–Crippen MR) is 157 cm³/mol. The predicted octanol–water partition coefficient (Wildman–Crippen LogP) is 6.55. The summed E-state index contributed by atoms with van der Waals surface area (Å²) < 4.78 is 5.88. The first-order valence-electron chi connectivity index (χ1n) is 14.4. The number of carbonyl (C=O) groups is 2. The lowest BCUT2D eigenvalue weighted by Gasteiger charge is -2.34. The van der Waals surface area contributed by atoms with Crippen LogP contribution in [0.4, 0.5) is 0 Å². The van der Waals surface area contributed by atoms with Crippen molar-refractivity contribution in [3.05, 3.63) is 101 Å². The topological polar surface area (TPSA) is 58.6 Å². The minimum absolute atomic E-state index is 0.0227. The zero-order valence-electron chi connectivity index (χ0n) is 23.4. The van der Waals surface area contributed by atoms with E-state index in [1.54, 1.807) is 4.90 Å². The Morgan fingerprint density at radius 2 is 1.59 bits per heavy atom. The highest BCUT2D eigenvalue weighted by Crippen LogP contribution is 2.21. The highest BCUT2D eigenvalue weighted by Gasteiger charge is 2.31. The van der Waals surface area contributed by atoms with Crippen molar-refractivity contribution in [3.63, 3.8) is 0 Å². The Hall–Kier alpha value is -3.60. The van der Waals surface area contributed by atoms with Crippen molar-refractivity contribution < 1.29 is 14.3 Å². The third kappa shape index (κ3) is 8.71. The number of ether oxygens (including phenoxy) is 1. The Kier molecular flexibility index (Phi) is 10.6. The fourth-order valence-electron chi connectivity index (χ4n) is 5.26. The number of nitrogens with one attached hydrogen (secondary N) is 1. The smallest absolute Gasteiger partial charge is 0.243 e. The lowest BCUT2D eigenvalue weighted by atomic mass is 9.94. The second-order valence-electron chi connectivity index (χ2n) is 10.8. The van der Waals surface area contributed by atoms with Crippen LogP contribution in [0.5, 0.6) is 5.75 Å². The molecule has 0 heterocycles. The van der Waals surface area contributed by atoms with Crippen molar-refractivity contribution in [1.82, 2.24) is 10.2 Å².